The molecular formula is C15H26N4S. The van der Waals surface area contributed by atoms with E-state index in [1.807, 2.05) is 6.20 Å². The molecule has 1 saturated carbocycles. The third kappa shape index (κ3) is 3.51. The number of anilines is 1. The van der Waals surface area contributed by atoms with Crippen molar-refractivity contribution in [1.82, 2.24) is 14.8 Å². The summed E-state index contributed by atoms with van der Waals surface area (Å²) in [5, 5.41) is 4.35. The van der Waals surface area contributed by atoms with Crippen LogP contribution >= 0.6 is 11.3 Å². The maximum atomic E-state index is 4.42. The Morgan fingerprint density at radius 3 is 2.70 bits per heavy atom. The van der Waals surface area contributed by atoms with Crippen molar-refractivity contribution in [2.75, 3.05) is 38.0 Å². The summed E-state index contributed by atoms with van der Waals surface area (Å²) in [7, 11) is 0. The van der Waals surface area contributed by atoms with E-state index in [0.29, 0.717) is 0 Å². The van der Waals surface area contributed by atoms with E-state index in [1.54, 1.807) is 11.3 Å². The van der Waals surface area contributed by atoms with Crippen LogP contribution in [0, 0.1) is 0 Å². The number of nitrogens with one attached hydrogen (secondary N) is 1. The second-order valence-corrected chi connectivity index (χ2v) is 7.03. The Bertz CT molecular complexity index is 406. The van der Waals surface area contributed by atoms with Crippen molar-refractivity contribution < 1.29 is 0 Å². The van der Waals surface area contributed by atoms with Gasteiger partial charge in [0.05, 0.1) is 0 Å². The van der Waals surface area contributed by atoms with Crippen molar-refractivity contribution in [3.63, 3.8) is 0 Å². The molecule has 2 heterocycles. The first kappa shape index (κ1) is 14.3. The van der Waals surface area contributed by atoms with Crippen LogP contribution < -0.4 is 5.32 Å². The SMILES string of the molecule is CCNc1ncc(CN2CCN(C3CCCC3)CC2)s1. The van der Waals surface area contributed by atoms with Gasteiger partial charge in [0.2, 0.25) is 0 Å². The Balaban J connectivity index is 1.45. The van der Waals surface area contributed by atoms with Crippen molar-refractivity contribution in [2.24, 2.45) is 0 Å². The monoisotopic (exact) mass is 294 g/mol. The highest BCUT2D eigenvalue weighted by Crippen LogP contribution is 2.25. The predicted octanol–water partition coefficient (Wildman–Crippen LogP) is 2.64. The van der Waals surface area contributed by atoms with Gasteiger partial charge in [-0.3, -0.25) is 9.80 Å². The number of nitrogens with zero attached hydrogens (tertiary/aromatic N) is 3. The zero-order valence-electron chi connectivity index (χ0n) is 12.5. The second kappa shape index (κ2) is 6.87. The molecule has 1 aromatic rings. The molecule has 0 unspecified atom stereocenters. The van der Waals surface area contributed by atoms with E-state index in [4.69, 9.17) is 0 Å². The highest BCUT2D eigenvalue weighted by molar-refractivity contribution is 7.15. The van der Waals surface area contributed by atoms with E-state index in [1.165, 1.54) is 56.7 Å². The molecule has 5 heteroatoms. The first-order chi connectivity index (χ1) is 9.85. The van der Waals surface area contributed by atoms with Crippen molar-refractivity contribution in [2.45, 2.75) is 45.2 Å². The molecule has 1 N–H and O–H groups in total. The average Bonchev–Trinajstić information content (AvgIpc) is 3.12. The summed E-state index contributed by atoms with van der Waals surface area (Å²) in [5.41, 5.74) is 0. The van der Waals surface area contributed by atoms with Gasteiger partial charge in [0.15, 0.2) is 5.13 Å². The lowest BCUT2D eigenvalue weighted by atomic mass is 10.2. The fourth-order valence-corrected chi connectivity index (χ4v) is 4.31. The third-order valence-electron chi connectivity index (χ3n) is 4.51. The maximum Gasteiger partial charge on any atom is 0.182 e. The Morgan fingerprint density at radius 2 is 2.00 bits per heavy atom. The van der Waals surface area contributed by atoms with Gasteiger partial charge in [0.25, 0.3) is 0 Å². The van der Waals surface area contributed by atoms with Gasteiger partial charge in [-0.25, -0.2) is 4.98 Å². The zero-order valence-corrected chi connectivity index (χ0v) is 13.3. The highest BCUT2D eigenvalue weighted by atomic mass is 32.1. The summed E-state index contributed by atoms with van der Waals surface area (Å²) >= 11 is 1.80. The van der Waals surface area contributed by atoms with Crippen molar-refractivity contribution in [3.05, 3.63) is 11.1 Å². The lowest BCUT2D eigenvalue weighted by Crippen LogP contribution is -2.49. The molecular weight excluding hydrogens is 268 g/mol. The molecule has 0 atom stereocenters. The van der Waals surface area contributed by atoms with Gasteiger partial charge in [-0.05, 0) is 19.8 Å². The number of thiazole rings is 1. The van der Waals surface area contributed by atoms with E-state index in [0.717, 1.165) is 24.3 Å². The lowest BCUT2D eigenvalue weighted by Gasteiger charge is -2.37. The summed E-state index contributed by atoms with van der Waals surface area (Å²) in [4.78, 5) is 11.1. The smallest absolute Gasteiger partial charge is 0.182 e. The van der Waals surface area contributed by atoms with Crippen molar-refractivity contribution in [3.8, 4) is 0 Å². The first-order valence-electron chi connectivity index (χ1n) is 8.00. The summed E-state index contributed by atoms with van der Waals surface area (Å²) in [5.74, 6) is 0. The molecule has 1 aliphatic heterocycles. The molecule has 20 heavy (non-hydrogen) atoms. The van der Waals surface area contributed by atoms with Crippen molar-refractivity contribution >= 4 is 16.5 Å². The Morgan fingerprint density at radius 1 is 1.25 bits per heavy atom. The standard InChI is InChI=1S/C15H26N4S/c1-2-16-15-17-11-14(20-15)12-18-7-9-19(10-8-18)13-5-3-4-6-13/h11,13H,2-10,12H2,1H3,(H,16,17). The molecule has 0 spiro atoms. The molecule has 1 saturated heterocycles. The number of hydrogen-bond donors (Lipinski definition) is 1. The molecule has 0 aromatic carbocycles. The predicted molar refractivity (Wildman–Crippen MR) is 85.4 cm³/mol. The molecule has 112 valence electrons. The number of rotatable bonds is 5. The summed E-state index contributed by atoms with van der Waals surface area (Å²) in [6.07, 6.45) is 7.78. The van der Waals surface area contributed by atoms with E-state index in [2.05, 4.69) is 27.0 Å². The molecule has 0 radical (unpaired) electrons. The van der Waals surface area contributed by atoms with Gasteiger partial charge in [-0.2, -0.15) is 0 Å². The summed E-state index contributed by atoms with van der Waals surface area (Å²) in [6.45, 7) is 9.07. The van der Waals surface area contributed by atoms with Crippen LogP contribution in [0.3, 0.4) is 0 Å². The van der Waals surface area contributed by atoms with Crippen LogP contribution in [0.5, 0.6) is 0 Å². The Labute approximate surface area is 126 Å². The number of hydrogen-bond acceptors (Lipinski definition) is 5. The molecule has 0 amide bonds. The molecule has 3 rings (SSSR count). The molecule has 2 aliphatic rings. The fraction of sp³-hybridized carbons (Fsp3) is 0.800. The topological polar surface area (TPSA) is 31.4 Å². The van der Waals surface area contributed by atoms with Gasteiger partial charge in [0.1, 0.15) is 0 Å². The van der Waals surface area contributed by atoms with Gasteiger partial charge in [0, 0.05) is 56.4 Å². The van der Waals surface area contributed by atoms with Gasteiger partial charge < -0.3 is 5.32 Å². The van der Waals surface area contributed by atoms with Gasteiger partial charge in [-0.15, -0.1) is 11.3 Å². The normalized spacial score (nSPS) is 22.4. The number of piperazine rings is 1. The minimum atomic E-state index is 0.890. The van der Waals surface area contributed by atoms with E-state index in [9.17, 15) is 0 Å². The Kier molecular flexibility index (Phi) is 4.91. The maximum absolute atomic E-state index is 4.42. The molecule has 0 bridgehead atoms. The van der Waals surface area contributed by atoms with Gasteiger partial charge >= 0.3 is 0 Å². The second-order valence-electron chi connectivity index (χ2n) is 5.91. The highest BCUT2D eigenvalue weighted by Gasteiger charge is 2.26. The van der Waals surface area contributed by atoms with Crippen LogP contribution in [0.25, 0.3) is 0 Å². The van der Waals surface area contributed by atoms with Crippen molar-refractivity contribution in [1.29, 1.82) is 0 Å². The average molecular weight is 294 g/mol. The minimum absolute atomic E-state index is 0.890. The first-order valence-corrected chi connectivity index (χ1v) is 8.82. The van der Waals surface area contributed by atoms with E-state index < -0.39 is 0 Å². The van der Waals surface area contributed by atoms with Crippen LogP contribution in [-0.4, -0.2) is 53.5 Å². The molecule has 1 aromatic heterocycles. The summed E-state index contributed by atoms with van der Waals surface area (Å²) in [6, 6.07) is 0.890. The lowest BCUT2D eigenvalue weighted by molar-refractivity contribution is 0.0943. The Hall–Kier alpha value is -0.650. The van der Waals surface area contributed by atoms with E-state index >= 15 is 0 Å². The molecule has 1 aliphatic carbocycles. The fourth-order valence-electron chi connectivity index (χ4n) is 3.39. The molecule has 2 fully saturated rings. The third-order valence-corrected chi connectivity index (χ3v) is 5.45. The molecule has 4 nitrogen and oxygen atoms in total. The minimum Gasteiger partial charge on any atom is -0.362 e. The van der Waals surface area contributed by atoms with Crippen LogP contribution in [0.1, 0.15) is 37.5 Å². The van der Waals surface area contributed by atoms with Crippen LogP contribution in [0.15, 0.2) is 6.20 Å². The van der Waals surface area contributed by atoms with Gasteiger partial charge in [-0.1, -0.05) is 12.8 Å². The zero-order chi connectivity index (χ0) is 13.8. The largest absolute Gasteiger partial charge is 0.362 e. The van der Waals surface area contributed by atoms with Crippen LogP contribution in [0.4, 0.5) is 5.13 Å². The number of aromatic nitrogens is 1. The van der Waals surface area contributed by atoms with Crippen LogP contribution in [-0.2, 0) is 6.54 Å². The quantitative estimate of drug-likeness (QED) is 0.904. The van der Waals surface area contributed by atoms with E-state index in [-0.39, 0.29) is 0 Å². The summed E-state index contributed by atoms with van der Waals surface area (Å²) < 4.78 is 0. The van der Waals surface area contributed by atoms with Crippen LogP contribution in [0.2, 0.25) is 0 Å².